The zero-order valence-electron chi connectivity index (χ0n) is 17.5. The molecule has 2 aromatic rings. The summed E-state index contributed by atoms with van der Waals surface area (Å²) >= 11 is 0. The monoisotopic (exact) mass is 425 g/mol. The first-order valence-corrected chi connectivity index (χ1v) is 10.2. The summed E-state index contributed by atoms with van der Waals surface area (Å²) < 4.78 is 10.8. The van der Waals surface area contributed by atoms with Gasteiger partial charge in [0, 0.05) is 24.6 Å². The summed E-state index contributed by atoms with van der Waals surface area (Å²) in [6.07, 6.45) is 1.42. The quantitative estimate of drug-likeness (QED) is 0.675. The molecule has 1 aliphatic heterocycles. The number of nitrogens with two attached hydrogens (primary N) is 1. The van der Waals surface area contributed by atoms with Crippen molar-refractivity contribution in [3.8, 4) is 11.5 Å². The third-order valence-electron chi connectivity index (χ3n) is 5.29. The van der Waals surface area contributed by atoms with Crippen LogP contribution in [-0.2, 0) is 9.59 Å². The van der Waals surface area contributed by atoms with Crippen LogP contribution in [0.5, 0.6) is 11.5 Å². The highest BCUT2D eigenvalue weighted by Crippen LogP contribution is 2.27. The molecule has 0 aromatic heterocycles. The molecule has 164 valence electrons. The number of hydrogen-bond acceptors (Lipinski definition) is 5. The molecular weight excluding hydrogens is 398 g/mol. The number of carbonyl (C=O) groups is 3. The third kappa shape index (κ3) is 5.97. The van der Waals surface area contributed by atoms with Gasteiger partial charge in [-0.1, -0.05) is 18.2 Å². The number of methoxy groups -OCH3 is 1. The van der Waals surface area contributed by atoms with Gasteiger partial charge in [-0.3, -0.25) is 14.4 Å². The highest BCUT2D eigenvalue weighted by atomic mass is 16.5. The van der Waals surface area contributed by atoms with E-state index in [0.29, 0.717) is 50.4 Å². The zero-order valence-corrected chi connectivity index (χ0v) is 17.5. The maximum absolute atomic E-state index is 12.7. The molecule has 0 aliphatic carbocycles. The number of para-hydroxylation sites is 1. The number of likely N-dealkylation sites (tertiary alicyclic amines) is 1. The maximum Gasteiger partial charge on any atom is 0.248 e. The number of amides is 3. The number of benzene rings is 2. The first kappa shape index (κ1) is 22.1. The van der Waals surface area contributed by atoms with E-state index in [0.717, 1.165) is 5.75 Å². The lowest BCUT2D eigenvalue weighted by molar-refractivity contribution is -0.135. The van der Waals surface area contributed by atoms with Crippen molar-refractivity contribution in [1.82, 2.24) is 4.90 Å². The van der Waals surface area contributed by atoms with Crippen molar-refractivity contribution in [1.29, 1.82) is 0 Å². The molecule has 0 radical (unpaired) electrons. The Balaban J connectivity index is 1.48. The molecule has 0 atom stereocenters. The summed E-state index contributed by atoms with van der Waals surface area (Å²) in [6, 6.07) is 14.0. The van der Waals surface area contributed by atoms with Crippen LogP contribution in [0.2, 0.25) is 0 Å². The van der Waals surface area contributed by atoms with Crippen LogP contribution in [0.1, 0.15) is 29.6 Å². The molecule has 0 spiro atoms. The number of hydrogen-bond donors (Lipinski definition) is 2. The van der Waals surface area contributed by atoms with Crippen molar-refractivity contribution in [2.24, 2.45) is 11.7 Å². The number of nitrogens with zero attached hydrogens (tertiary/aromatic N) is 1. The van der Waals surface area contributed by atoms with Crippen LogP contribution in [0.25, 0.3) is 0 Å². The minimum absolute atomic E-state index is 0.0191. The largest absolute Gasteiger partial charge is 0.495 e. The second kappa shape index (κ2) is 10.5. The van der Waals surface area contributed by atoms with Gasteiger partial charge in [-0.15, -0.1) is 0 Å². The average Bonchev–Trinajstić information content (AvgIpc) is 2.79. The van der Waals surface area contributed by atoms with Crippen LogP contribution in [0.15, 0.2) is 48.5 Å². The smallest absolute Gasteiger partial charge is 0.248 e. The number of carbonyl (C=O) groups excluding carboxylic acids is 3. The van der Waals surface area contributed by atoms with E-state index in [4.69, 9.17) is 15.2 Å². The molecule has 1 heterocycles. The number of anilines is 1. The van der Waals surface area contributed by atoms with E-state index in [1.165, 1.54) is 13.2 Å². The maximum atomic E-state index is 12.7. The molecular formula is C23H27N3O5. The van der Waals surface area contributed by atoms with Gasteiger partial charge in [0.25, 0.3) is 0 Å². The first-order valence-electron chi connectivity index (χ1n) is 10.2. The lowest BCUT2D eigenvalue weighted by Gasteiger charge is -2.31. The third-order valence-corrected chi connectivity index (χ3v) is 5.29. The fourth-order valence-corrected chi connectivity index (χ4v) is 3.52. The van der Waals surface area contributed by atoms with Gasteiger partial charge in [0.2, 0.25) is 17.7 Å². The Bertz CT molecular complexity index is 924. The normalized spacial score (nSPS) is 14.0. The van der Waals surface area contributed by atoms with E-state index in [1.807, 2.05) is 30.3 Å². The molecule has 3 rings (SSSR count). The molecule has 8 nitrogen and oxygen atoms in total. The lowest BCUT2D eigenvalue weighted by Crippen LogP contribution is -2.41. The van der Waals surface area contributed by atoms with Gasteiger partial charge in [0.1, 0.15) is 11.5 Å². The number of primary amides is 1. The van der Waals surface area contributed by atoms with Gasteiger partial charge in [-0.05, 0) is 43.2 Å². The summed E-state index contributed by atoms with van der Waals surface area (Å²) in [5, 5.41) is 2.83. The molecule has 0 unspecified atom stereocenters. The average molecular weight is 425 g/mol. The van der Waals surface area contributed by atoms with Crippen molar-refractivity contribution in [2.75, 3.05) is 32.1 Å². The molecule has 0 bridgehead atoms. The van der Waals surface area contributed by atoms with Crippen molar-refractivity contribution >= 4 is 23.4 Å². The van der Waals surface area contributed by atoms with Crippen molar-refractivity contribution in [3.05, 3.63) is 54.1 Å². The molecule has 3 amide bonds. The van der Waals surface area contributed by atoms with E-state index in [2.05, 4.69) is 5.32 Å². The van der Waals surface area contributed by atoms with E-state index >= 15 is 0 Å². The molecule has 0 saturated carbocycles. The van der Waals surface area contributed by atoms with E-state index in [-0.39, 0.29) is 23.3 Å². The minimum atomic E-state index is -0.582. The summed E-state index contributed by atoms with van der Waals surface area (Å²) in [5.41, 5.74) is 6.01. The van der Waals surface area contributed by atoms with Gasteiger partial charge in [0.15, 0.2) is 0 Å². The van der Waals surface area contributed by atoms with Gasteiger partial charge < -0.3 is 25.4 Å². The zero-order chi connectivity index (χ0) is 22.2. The highest BCUT2D eigenvalue weighted by molar-refractivity contribution is 5.98. The summed E-state index contributed by atoms with van der Waals surface area (Å²) in [6.45, 7) is 1.35. The molecule has 8 heteroatoms. The Hall–Kier alpha value is -3.55. The van der Waals surface area contributed by atoms with E-state index < -0.39 is 5.91 Å². The fourth-order valence-electron chi connectivity index (χ4n) is 3.52. The molecule has 1 aliphatic rings. The Labute approximate surface area is 181 Å². The second-order valence-corrected chi connectivity index (χ2v) is 7.34. The molecule has 1 saturated heterocycles. The predicted octanol–water partition coefficient (Wildman–Crippen LogP) is 2.44. The second-order valence-electron chi connectivity index (χ2n) is 7.34. The lowest BCUT2D eigenvalue weighted by atomic mass is 9.95. The molecule has 3 N–H and O–H groups in total. The Morgan fingerprint density at radius 1 is 1.10 bits per heavy atom. The summed E-state index contributed by atoms with van der Waals surface area (Å²) in [7, 11) is 1.49. The van der Waals surface area contributed by atoms with Gasteiger partial charge >= 0.3 is 0 Å². The standard InChI is InChI=1S/C23H27N3O5/c1-30-20-8-7-17(22(24)28)15-19(20)25-23(29)16-9-12-26(13-10-16)21(27)11-14-31-18-5-3-2-4-6-18/h2-8,15-16H,9-14H2,1H3,(H2,24,28)(H,25,29). The van der Waals surface area contributed by atoms with Crippen molar-refractivity contribution < 1.29 is 23.9 Å². The van der Waals surface area contributed by atoms with Crippen LogP contribution >= 0.6 is 0 Å². The van der Waals surface area contributed by atoms with Crippen LogP contribution in [0, 0.1) is 5.92 Å². The summed E-state index contributed by atoms with van der Waals surface area (Å²) in [5.74, 6) is 0.226. The Morgan fingerprint density at radius 3 is 2.45 bits per heavy atom. The first-order chi connectivity index (χ1) is 15.0. The van der Waals surface area contributed by atoms with Crippen LogP contribution in [-0.4, -0.2) is 49.4 Å². The Morgan fingerprint density at radius 2 is 1.81 bits per heavy atom. The summed E-state index contributed by atoms with van der Waals surface area (Å²) in [4.78, 5) is 38.3. The van der Waals surface area contributed by atoms with Crippen molar-refractivity contribution in [3.63, 3.8) is 0 Å². The van der Waals surface area contributed by atoms with Crippen LogP contribution in [0.4, 0.5) is 5.69 Å². The number of nitrogens with one attached hydrogen (secondary N) is 1. The van der Waals surface area contributed by atoms with E-state index in [1.54, 1.807) is 17.0 Å². The highest BCUT2D eigenvalue weighted by Gasteiger charge is 2.28. The number of ether oxygens (including phenoxy) is 2. The van der Waals surface area contributed by atoms with Gasteiger partial charge in [-0.25, -0.2) is 0 Å². The van der Waals surface area contributed by atoms with Gasteiger partial charge in [0.05, 0.1) is 25.8 Å². The fraction of sp³-hybridized carbons (Fsp3) is 0.348. The van der Waals surface area contributed by atoms with E-state index in [9.17, 15) is 14.4 Å². The van der Waals surface area contributed by atoms with Gasteiger partial charge in [-0.2, -0.15) is 0 Å². The predicted molar refractivity (Wildman–Crippen MR) is 116 cm³/mol. The number of piperidine rings is 1. The molecule has 31 heavy (non-hydrogen) atoms. The SMILES string of the molecule is COc1ccc(C(N)=O)cc1NC(=O)C1CCN(C(=O)CCOc2ccccc2)CC1. The van der Waals surface area contributed by atoms with Crippen molar-refractivity contribution in [2.45, 2.75) is 19.3 Å². The van der Waals surface area contributed by atoms with Crippen LogP contribution in [0.3, 0.4) is 0 Å². The van der Waals surface area contributed by atoms with Crippen LogP contribution < -0.4 is 20.5 Å². The number of rotatable bonds is 8. The molecule has 1 fully saturated rings. The topological polar surface area (TPSA) is 111 Å². The molecule has 2 aromatic carbocycles. The Kier molecular flexibility index (Phi) is 7.48. The minimum Gasteiger partial charge on any atom is -0.495 e.